The minimum absolute atomic E-state index is 0.00824. The highest BCUT2D eigenvalue weighted by molar-refractivity contribution is 5.70. The fraction of sp³-hybridized carbons (Fsp3) is 0.0667. The van der Waals surface area contributed by atoms with E-state index in [1.54, 1.807) is 12.1 Å². The molecule has 0 saturated carbocycles. The number of hydrogen-bond acceptors (Lipinski definition) is 4. The molecule has 2 heterocycles. The summed E-state index contributed by atoms with van der Waals surface area (Å²) in [6.45, 7) is 0. The van der Waals surface area contributed by atoms with E-state index in [0.29, 0.717) is 11.3 Å². The average molecular weight is 333 g/mol. The first-order chi connectivity index (χ1) is 11.4. The van der Waals surface area contributed by atoms with Crippen LogP contribution in [0.5, 0.6) is 0 Å². The van der Waals surface area contributed by atoms with Crippen LogP contribution in [0, 0.1) is 0 Å². The van der Waals surface area contributed by atoms with Crippen LogP contribution in [-0.2, 0) is 6.18 Å². The van der Waals surface area contributed by atoms with Crippen LogP contribution >= 0.6 is 0 Å². The number of nitrogens with one attached hydrogen (secondary N) is 2. The number of nitrogens with zero attached hydrogens (tertiary/aromatic N) is 3. The third kappa shape index (κ3) is 3.24. The summed E-state index contributed by atoms with van der Waals surface area (Å²) in [5.74, 6) is 0. The van der Waals surface area contributed by atoms with Gasteiger partial charge in [-0.05, 0) is 30.3 Å². The molecule has 0 amide bonds. The van der Waals surface area contributed by atoms with Crippen molar-refractivity contribution in [3.8, 4) is 11.3 Å². The maximum absolute atomic E-state index is 12.7. The van der Waals surface area contributed by atoms with Gasteiger partial charge in [-0.1, -0.05) is 6.07 Å². The summed E-state index contributed by atoms with van der Waals surface area (Å²) in [6, 6.07) is 7.69. The second-order valence-electron chi connectivity index (χ2n) is 4.79. The summed E-state index contributed by atoms with van der Waals surface area (Å²) in [4.78, 5) is 15.7. The predicted octanol–water partition coefficient (Wildman–Crippen LogP) is 4.20. The molecule has 0 aliphatic rings. The van der Waals surface area contributed by atoms with Gasteiger partial charge in [0.05, 0.1) is 16.9 Å². The van der Waals surface area contributed by atoms with Gasteiger partial charge in [-0.15, -0.1) is 5.11 Å². The summed E-state index contributed by atoms with van der Waals surface area (Å²) in [5.41, 5.74) is -0.391. The molecule has 2 aromatic heterocycles. The van der Waals surface area contributed by atoms with Crippen molar-refractivity contribution >= 4 is 11.4 Å². The second kappa shape index (κ2) is 6.11. The van der Waals surface area contributed by atoms with Gasteiger partial charge < -0.3 is 0 Å². The van der Waals surface area contributed by atoms with Crippen LogP contribution in [0.3, 0.4) is 0 Å². The van der Waals surface area contributed by atoms with E-state index in [4.69, 9.17) is 0 Å². The summed E-state index contributed by atoms with van der Waals surface area (Å²) in [7, 11) is 0. The Balaban J connectivity index is 1.97. The van der Waals surface area contributed by atoms with Crippen LogP contribution in [0.4, 0.5) is 24.5 Å². The molecular formula is C15H10F3N5O. The molecule has 24 heavy (non-hydrogen) atoms. The number of alkyl halides is 3. The van der Waals surface area contributed by atoms with Crippen LogP contribution in [0.2, 0.25) is 0 Å². The third-order valence-electron chi connectivity index (χ3n) is 3.16. The van der Waals surface area contributed by atoms with Crippen LogP contribution in [0.15, 0.2) is 63.8 Å². The molecule has 0 aliphatic carbocycles. The number of hydrogen-bond donors (Lipinski definition) is 2. The van der Waals surface area contributed by atoms with E-state index in [1.807, 2.05) is 0 Å². The molecule has 0 bridgehead atoms. The van der Waals surface area contributed by atoms with Gasteiger partial charge in [0.25, 0.3) is 5.56 Å². The maximum atomic E-state index is 12.7. The molecule has 9 heteroatoms. The summed E-state index contributed by atoms with van der Waals surface area (Å²) >= 11 is 0. The smallest absolute Gasteiger partial charge is 0.295 e. The number of aromatic nitrogens is 3. The monoisotopic (exact) mass is 333 g/mol. The number of halogens is 3. The molecule has 0 unspecified atom stereocenters. The second-order valence-corrected chi connectivity index (χ2v) is 4.79. The van der Waals surface area contributed by atoms with Crippen molar-refractivity contribution in [1.82, 2.24) is 15.2 Å². The fourth-order valence-corrected chi connectivity index (χ4v) is 2.03. The number of azo groups is 1. The first-order valence-corrected chi connectivity index (χ1v) is 6.75. The molecule has 6 nitrogen and oxygen atoms in total. The zero-order chi connectivity index (χ0) is 17.2. The number of H-pyrrole nitrogens is 2. The molecule has 0 aliphatic heterocycles. The number of benzene rings is 1. The standard InChI is InChI=1S/C15H10F3N5O/c16-15(17,18)10-2-1-3-11(8-10)20-22-13-12(21-23-14(13)24)9-4-6-19-7-5-9/h1-8H,(H2,21,23,24). The van der Waals surface area contributed by atoms with Gasteiger partial charge in [-0.25, -0.2) is 0 Å². The van der Waals surface area contributed by atoms with Crippen molar-refractivity contribution in [3.63, 3.8) is 0 Å². The average Bonchev–Trinajstić information content (AvgIpc) is 2.94. The van der Waals surface area contributed by atoms with Gasteiger partial charge in [0, 0.05) is 18.0 Å². The Morgan fingerprint density at radius 2 is 1.75 bits per heavy atom. The number of pyridine rings is 1. The van der Waals surface area contributed by atoms with E-state index in [2.05, 4.69) is 25.4 Å². The largest absolute Gasteiger partial charge is 0.416 e. The molecule has 0 atom stereocenters. The normalized spacial score (nSPS) is 12.0. The van der Waals surface area contributed by atoms with Crippen molar-refractivity contribution in [3.05, 3.63) is 64.7 Å². The van der Waals surface area contributed by atoms with Gasteiger partial charge in [-0.2, -0.15) is 18.3 Å². The molecule has 0 fully saturated rings. The van der Waals surface area contributed by atoms with Crippen LogP contribution in [0.1, 0.15) is 5.56 Å². The lowest BCUT2D eigenvalue weighted by molar-refractivity contribution is -0.137. The Morgan fingerprint density at radius 3 is 2.46 bits per heavy atom. The Kier molecular flexibility index (Phi) is 3.98. The van der Waals surface area contributed by atoms with Crippen molar-refractivity contribution in [2.45, 2.75) is 6.18 Å². The van der Waals surface area contributed by atoms with Crippen molar-refractivity contribution in [2.75, 3.05) is 0 Å². The lowest BCUT2D eigenvalue weighted by Crippen LogP contribution is -2.03. The minimum atomic E-state index is -4.47. The molecule has 3 aromatic rings. The molecule has 3 rings (SSSR count). The van der Waals surface area contributed by atoms with Crippen LogP contribution in [-0.4, -0.2) is 15.2 Å². The number of rotatable bonds is 3. The third-order valence-corrected chi connectivity index (χ3v) is 3.16. The van der Waals surface area contributed by atoms with Crippen LogP contribution < -0.4 is 5.56 Å². The molecule has 122 valence electrons. The lowest BCUT2D eigenvalue weighted by atomic mass is 10.2. The van der Waals surface area contributed by atoms with Crippen molar-refractivity contribution in [2.24, 2.45) is 10.2 Å². The maximum Gasteiger partial charge on any atom is 0.416 e. The van der Waals surface area contributed by atoms with Crippen LogP contribution in [0.25, 0.3) is 11.3 Å². The van der Waals surface area contributed by atoms with Crippen molar-refractivity contribution < 1.29 is 13.2 Å². The van der Waals surface area contributed by atoms with E-state index in [0.717, 1.165) is 12.1 Å². The summed E-state index contributed by atoms with van der Waals surface area (Å²) in [5, 5.41) is 12.6. The van der Waals surface area contributed by atoms with Crippen molar-refractivity contribution in [1.29, 1.82) is 0 Å². The minimum Gasteiger partial charge on any atom is -0.295 e. The van der Waals surface area contributed by atoms with E-state index in [1.165, 1.54) is 24.5 Å². The summed E-state index contributed by atoms with van der Waals surface area (Å²) in [6.07, 6.45) is -1.40. The Morgan fingerprint density at radius 1 is 1.00 bits per heavy atom. The first kappa shape index (κ1) is 15.7. The van der Waals surface area contributed by atoms with Gasteiger partial charge in [0.1, 0.15) is 0 Å². The molecular weight excluding hydrogens is 323 g/mol. The Hall–Kier alpha value is -3.23. The molecule has 0 radical (unpaired) electrons. The lowest BCUT2D eigenvalue weighted by Gasteiger charge is -2.05. The number of aromatic amines is 2. The van der Waals surface area contributed by atoms with Gasteiger partial charge in [-0.3, -0.25) is 20.0 Å². The molecule has 0 spiro atoms. The zero-order valence-electron chi connectivity index (χ0n) is 12.0. The van der Waals surface area contributed by atoms with E-state index in [-0.39, 0.29) is 11.4 Å². The van der Waals surface area contributed by atoms with E-state index < -0.39 is 17.3 Å². The Bertz CT molecular complexity index is 928. The summed E-state index contributed by atoms with van der Waals surface area (Å²) < 4.78 is 38.1. The highest BCUT2D eigenvalue weighted by Crippen LogP contribution is 2.32. The Labute approximate surface area is 133 Å². The van der Waals surface area contributed by atoms with E-state index in [9.17, 15) is 18.0 Å². The molecule has 1 aromatic carbocycles. The SMILES string of the molecule is O=c1[nH][nH]c(-c2ccncc2)c1N=Nc1cccc(C(F)(F)F)c1. The van der Waals surface area contributed by atoms with Gasteiger partial charge in [0.15, 0.2) is 5.69 Å². The van der Waals surface area contributed by atoms with Gasteiger partial charge in [0.2, 0.25) is 0 Å². The zero-order valence-corrected chi connectivity index (χ0v) is 12.0. The highest BCUT2D eigenvalue weighted by Gasteiger charge is 2.30. The quantitative estimate of drug-likeness (QED) is 0.704. The van der Waals surface area contributed by atoms with E-state index >= 15 is 0 Å². The molecule has 2 N–H and O–H groups in total. The predicted molar refractivity (Wildman–Crippen MR) is 80.3 cm³/mol. The fourth-order valence-electron chi connectivity index (χ4n) is 2.03. The first-order valence-electron chi connectivity index (χ1n) is 6.75. The highest BCUT2D eigenvalue weighted by atomic mass is 19.4. The van der Waals surface area contributed by atoms with Gasteiger partial charge >= 0.3 is 6.18 Å². The molecule has 0 saturated heterocycles. The topological polar surface area (TPSA) is 86.3 Å².